The molecule has 8 heteroatoms. The number of sulfonamides is 1. The molecule has 1 N–H and O–H groups in total. The highest BCUT2D eigenvalue weighted by Gasteiger charge is 2.36. The van der Waals surface area contributed by atoms with E-state index < -0.39 is 16.1 Å². The van der Waals surface area contributed by atoms with E-state index in [2.05, 4.69) is 5.32 Å². The molecule has 1 aliphatic rings. The van der Waals surface area contributed by atoms with Crippen LogP contribution in [0.4, 0.5) is 11.4 Å². The van der Waals surface area contributed by atoms with Crippen LogP contribution in [-0.2, 0) is 14.8 Å². The van der Waals surface area contributed by atoms with Crippen molar-refractivity contribution in [2.75, 3.05) is 28.2 Å². The van der Waals surface area contributed by atoms with Crippen LogP contribution in [0.2, 0.25) is 0 Å². The van der Waals surface area contributed by atoms with Crippen molar-refractivity contribution in [1.82, 2.24) is 0 Å². The van der Waals surface area contributed by atoms with Crippen molar-refractivity contribution < 1.29 is 17.9 Å². The zero-order valence-corrected chi connectivity index (χ0v) is 16.1. The van der Waals surface area contributed by atoms with Crippen LogP contribution in [-0.4, -0.2) is 39.0 Å². The van der Waals surface area contributed by atoms with Crippen molar-refractivity contribution in [3.63, 3.8) is 0 Å². The number of benzene rings is 2. The zero-order valence-electron chi connectivity index (χ0n) is 14.5. The van der Waals surface area contributed by atoms with Crippen molar-refractivity contribution in [3.8, 4) is 5.75 Å². The van der Waals surface area contributed by atoms with Gasteiger partial charge in [0.05, 0.1) is 23.7 Å². The first-order chi connectivity index (χ1) is 12.5. The standard InChI is InChI=1S/C18H20N2O4S2/c1-3-26(22,23)20-12-16(24-15-10-6-5-9-14(15)20)18(21)19-13-8-4-7-11-17(13)25-2/h4-11,16H,3,12H2,1-2H3,(H,19,21)/t16-/m1/s1. The van der Waals surface area contributed by atoms with Crippen LogP contribution >= 0.6 is 11.8 Å². The molecule has 0 spiro atoms. The molecule has 0 aliphatic carbocycles. The normalized spacial score (nSPS) is 16.5. The molecule has 1 aliphatic heterocycles. The first kappa shape index (κ1) is 18.6. The van der Waals surface area contributed by atoms with E-state index in [-0.39, 0.29) is 18.2 Å². The Hall–Kier alpha value is -2.19. The van der Waals surface area contributed by atoms with Gasteiger partial charge in [-0.05, 0) is 37.4 Å². The maximum Gasteiger partial charge on any atom is 0.267 e. The second-order valence-corrected chi connectivity index (χ2v) is 8.73. The van der Waals surface area contributed by atoms with Crippen molar-refractivity contribution in [1.29, 1.82) is 0 Å². The molecule has 0 radical (unpaired) electrons. The number of nitrogens with one attached hydrogen (secondary N) is 1. The molecule has 0 aromatic heterocycles. The number of amides is 1. The summed E-state index contributed by atoms with van der Waals surface area (Å²) >= 11 is 1.52. The molecule has 2 aromatic rings. The summed E-state index contributed by atoms with van der Waals surface area (Å²) in [5, 5.41) is 2.85. The molecule has 1 heterocycles. The van der Waals surface area contributed by atoms with Gasteiger partial charge in [-0.1, -0.05) is 24.3 Å². The zero-order chi connectivity index (χ0) is 18.7. The lowest BCUT2D eigenvalue weighted by molar-refractivity contribution is -0.122. The van der Waals surface area contributed by atoms with Gasteiger partial charge in [-0.15, -0.1) is 11.8 Å². The number of thioether (sulfide) groups is 1. The van der Waals surface area contributed by atoms with Crippen LogP contribution < -0.4 is 14.4 Å². The van der Waals surface area contributed by atoms with Crippen LogP contribution in [0, 0.1) is 0 Å². The third kappa shape index (κ3) is 3.66. The van der Waals surface area contributed by atoms with Gasteiger partial charge in [-0.3, -0.25) is 9.10 Å². The average Bonchev–Trinajstić information content (AvgIpc) is 2.67. The predicted octanol–water partition coefficient (Wildman–Crippen LogP) is 2.96. The number of carbonyl (C=O) groups is 1. The van der Waals surface area contributed by atoms with Gasteiger partial charge in [-0.25, -0.2) is 8.42 Å². The Morgan fingerprint density at radius 3 is 2.65 bits per heavy atom. The summed E-state index contributed by atoms with van der Waals surface area (Å²) in [7, 11) is -3.52. The van der Waals surface area contributed by atoms with Gasteiger partial charge in [0.1, 0.15) is 5.75 Å². The Morgan fingerprint density at radius 1 is 1.23 bits per heavy atom. The van der Waals surface area contributed by atoms with E-state index in [4.69, 9.17) is 4.74 Å². The summed E-state index contributed by atoms with van der Waals surface area (Å²) in [6, 6.07) is 14.3. The van der Waals surface area contributed by atoms with Crippen LogP contribution in [0.1, 0.15) is 6.92 Å². The van der Waals surface area contributed by atoms with Gasteiger partial charge in [0, 0.05) is 4.90 Å². The van der Waals surface area contributed by atoms with Crippen LogP contribution in [0.5, 0.6) is 5.75 Å². The highest BCUT2D eigenvalue weighted by molar-refractivity contribution is 7.98. The van der Waals surface area contributed by atoms with Gasteiger partial charge in [0.2, 0.25) is 10.0 Å². The Bertz CT molecular complexity index is 915. The minimum Gasteiger partial charge on any atom is -0.476 e. The van der Waals surface area contributed by atoms with Gasteiger partial charge in [0.25, 0.3) is 5.91 Å². The van der Waals surface area contributed by atoms with Gasteiger partial charge < -0.3 is 10.1 Å². The first-order valence-electron chi connectivity index (χ1n) is 8.16. The molecule has 1 amide bonds. The fourth-order valence-corrected chi connectivity index (χ4v) is 4.40. The molecule has 0 bridgehead atoms. The van der Waals surface area contributed by atoms with Gasteiger partial charge in [0.15, 0.2) is 6.10 Å². The predicted molar refractivity (Wildman–Crippen MR) is 105 cm³/mol. The van der Waals surface area contributed by atoms with E-state index in [1.54, 1.807) is 37.3 Å². The third-order valence-corrected chi connectivity index (χ3v) is 6.64. The number of rotatable bonds is 5. The second kappa shape index (κ2) is 7.59. The maximum absolute atomic E-state index is 12.7. The highest BCUT2D eigenvalue weighted by atomic mass is 32.2. The topological polar surface area (TPSA) is 75.7 Å². The number of nitrogens with zero attached hydrogens (tertiary/aromatic N) is 1. The summed E-state index contributed by atoms with van der Waals surface area (Å²) in [6.07, 6.45) is 0.995. The molecule has 26 heavy (non-hydrogen) atoms. The van der Waals surface area contributed by atoms with Crippen LogP contribution in [0.15, 0.2) is 53.4 Å². The SMILES string of the molecule is CCS(=O)(=O)N1C[C@H](C(=O)Nc2ccccc2SC)Oc2ccccc21. The summed E-state index contributed by atoms with van der Waals surface area (Å²) in [5.74, 6) is -0.0447. The number of hydrogen-bond acceptors (Lipinski definition) is 5. The Balaban J connectivity index is 1.89. The van der Waals surface area contributed by atoms with Crippen molar-refractivity contribution in [3.05, 3.63) is 48.5 Å². The van der Waals surface area contributed by atoms with E-state index >= 15 is 0 Å². The molecule has 0 saturated carbocycles. The largest absolute Gasteiger partial charge is 0.476 e. The van der Waals surface area contributed by atoms with Crippen LogP contribution in [0.3, 0.4) is 0 Å². The fourth-order valence-electron chi connectivity index (χ4n) is 2.72. The van der Waals surface area contributed by atoms with Gasteiger partial charge >= 0.3 is 0 Å². The lowest BCUT2D eigenvalue weighted by Gasteiger charge is -2.34. The van der Waals surface area contributed by atoms with Crippen molar-refractivity contribution >= 4 is 39.1 Å². The van der Waals surface area contributed by atoms with Crippen LogP contribution in [0.25, 0.3) is 0 Å². The van der Waals surface area contributed by atoms with Crippen molar-refractivity contribution in [2.45, 2.75) is 17.9 Å². The Labute approximate surface area is 157 Å². The molecule has 0 unspecified atom stereocenters. The highest BCUT2D eigenvalue weighted by Crippen LogP contribution is 2.35. The monoisotopic (exact) mass is 392 g/mol. The quantitative estimate of drug-likeness (QED) is 0.792. The maximum atomic E-state index is 12.7. The number of carbonyl (C=O) groups excluding carboxylic acids is 1. The number of hydrogen-bond donors (Lipinski definition) is 1. The number of anilines is 2. The molecule has 1 atom stereocenters. The van der Waals surface area contributed by atoms with Crippen molar-refractivity contribution in [2.24, 2.45) is 0 Å². The second-order valence-electron chi connectivity index (χ2n) is 5.70. The molecule has 0 fully saturated rings. The molecule has 0 saturated heterocycles. The third-order valence-electron chi connectivity index (χ3n) is 4.09. The molecule has 138 valence electrons. The lowest BCUT2D eigenvalue weighted by Crippen LogP contribution is -2.49. The molecule has 2 aromatic carbocycles. The molecular formula is C18H20N2O4S2. The number of fused-ring (bicyclic) bond motifs is 1. The van der Waals surface area contributed by atoms with E-state index in [1.807, 2.05) is 24.5 Å². The molecule has 6 nitrogen and oxygen atoms in total. The Kier molecular flexibility index (Phi) is 5.43. The first-order valence-corrected chi connectivity index (χ1v) is 11.0. The van der Waals surface area contributed by atoms with E-state index in [1.165, 1.54) is 16.1 Å². The van der Waals surface area contributed by atoms with E-state index in [0.29, 0.717) is 17.1 Å². The minimum absolute atomic E-state index is 0.0506. The van der Waals surface area contributed by atoms with E-state index in [9.17, 15) is 13.2 Å². The summed E-state index contributed by atoms with van der Waals surface area (Å²) < 4.78 is 32.0. The summed E-state index contributed by atoms with van der Waals surface area (Å²) in [6.45, 7) is 1.53. The lowest BCUT2D eigenvalue weighted by atomic mass is 10.2. The summed E-state index contributed by atoms with van der Waals surface area (Å²) in [4.78, 5) is 13.7. The number of ether oxygens (including phenoxy) is 1. The average molecular weight is 393 g/mol. The minimum atomic E-state index is -3.52. The summed E-state index contributed by atoms with van der Waals surface area (Å²) in [5.41, 5.74) is 1.14. The number of para-hydroxylation sites is 3. The Morgan fingerprint density at radius 2 is 1.92 bits per heavy atom. The fraction of sp³-hybridized carbons (Fsp3) is 0.278. The molecule has 3 rings (SSSR count). The molecular weight excluding hydrogens is 372 g/mol. The smallest absolute Gasteiger partial charge is 0.267 e. The van der Waals surface area contributed by atoms with E-state index in [0.717, 1.165) is 4.90 Å². The van der Waals surface area contributed by atoms with Gasteiger partial charge in [-0.2, -0.15) is 0 Å².